The van der Waals surface area contributed by atoms with Gasteiger partial charge in [0.1, 0.15) is 13.2 Å². The third kappa shape index (κ3) is 3.83. The number of aliphatic hydroxyl groups is 2. The Balaban J connectivity index is 1.93. The fraction of sp³-hybridized carbons (Fsp3) is 0.571. The van der Waals surface area contributed by atoms with Gasteiger partial charge in [0.25, 0.3) is 0 Å². The number of rotatable bonds is 6. The fourth-order valence-electron chi connectivity index (χ4n) is 1.99. The molecule has 0 aromatic heterocycles. The molecular formula is C14H21NO4. The molecule has 5 nitrogen and oxygen atoms in total. The van der Waals surface area contributed by atoms with E-state index < -0.39 is 6.10 Å². The fourth-order valence-corrected chi connectivity index (χ4v) is 1.99. The van der Waals surface area contributed by atoms with E-state index in [2.05, 4.69) is 5.32 Å². The second kappa shape index (κ2) is 6.75. The molecule has 0 saturated carbocycles. The van der Waals surface area contributed by atoms with E-state index in [0.29, 0.717) is 31.9 Å². The van der Waals surface area contributed by atoms with E-state index in [1.807, 2.05) is 25.1 Å². The first-order valence-corrected chi connectivity index (χ1v) is 6.62. The van der Waals surface area contributed by atoms with Gasteiger partial charge in [-0.15, -0.1) is 0 Å². The van der Waals surface area contributed by atoms with Gasteiger partial charge in [-0.3, -0.25) is 0 Å². The van der Waals surface area contributed by atoms with Gasteiger partial charge >= 0.3 is 0 Å². The summed E-state index contributed by atoms with van der Waals surface area (Å²) >= 11 is 0. The van der Waals surface area contributed by atoms with Gasteiger partial charge in [-0.25, -0.2) is 0 Å². The quantitative estimate of drug-likeness (QED) is 0.713. The highest BCUT2D eigenvalue weighted by Gasteiger charge is 2.15. The van der Waals surface area contributed by atoms with Crippen molar-refractivity contribution >= 4 is 0 Å². The molecule has 2 unspecified atom stereocenters. The summed E-state index contributed by atoms with van der Waals surface area (Å²) in [6, 6.07) is 5.66. The maximum atomic E-state index is 10.1. The molecule has 106 valence electrons. The van der Waals surface area contributed by atoms with E-state index in [4.69, 9.17) is 14.6 Å². The Labute approximate surface area is 113 Å². The molecule has 5 heteroatoms. The van der Waals surface area contributed by atoms with E-state index in [1.54, 1.807) is 0 Å². The maximum Gasteiger partial charge on any atom is 0.161 e. The predicted octanol–water partition coefficient (Wildman–Crippen LogP) is 0.852. The highest BCUT2D eigenvalue weighted by Crippen LogP contribution is 2.32. The molecule has 2 atom stereocenters. The van der Waals surface area contributed by atoms with Crippen LogP contribution in [-0.4, -0.2) is 42.6 Å². The van der Waals surface area contributed by atoms with Crippen LogP contribution in [-0.2, 0) is 0 Å². The number of fused-ring (bicyclic) bond motifs is 1. The first-order valence-electron chi connectivity index (χ1n) is 6.62. The zero-order valence-electron chi connectivity index (χ0n) is 11.1. The van der Waals surface area contributed by atoms with Crippen molar-refractivity contribution in [1.29, 1.82) is 0 Å². The van der Waals surface area contributed by atoms with Crippen LogP contribution in [0.15, 0.2) is 18.2 Å². The molecule has 1 heterocycles. The van der Waals surface area contributed by atoms with Crippen LogP contribution < -0.4 is 14.8 Å². The van der Waals surface area contributed by atoms with Gasteiger partial charge in [-0.05, 0) is 31.0 Å². The van der Waals surface area contributed by atoms with Crippen molar-refractivity contribution in [1.82, 2.24) is 5.32 Å². The molecule has 3 N–H and O–H groups in total. The average molecular weight is 267 g/mol. The lowest BCUT2D eigenvalue weighted by molar-refractivity contribution is 0.159. The largest absolute Gasteiger partial charge is 0.486 e. The van der Waals surface area contributed by atoms with E-state index in [-0.39, 0.29) is 12.6 Å². The number of hydrogen-bond acceptors (Lipinski definition) is 5. The Bertz CT molecular complexity index is 410. The Morgan fingerprint density at radius 3 is 2.74 bits per heavy atom. The minimum absolute atomic E-state index is 0.147. The molecule has 1 aromatic rings. The average Bonchev–Trinajstić information content (AvgIpc) is 2.44. The standard InChI is InChI=1S/C14H21NO4/c1-10(4-5-16)15-9-12(17)11-2-3-13-14(8-11)19-7-6-18-13/h2-3,8,10,12,15-17H,4-7,9H2,1H3. The van der Waals surface area contributed by atoms with Crippen LogP contribution in [0.25, 0.3) is 0 Å². The van der Waals surface area contributed by atoms with Gasteiger partial charge in [-0.2, -0.15) is 0 Å². The Morgan fingerprint density at radius 2 is 2.00 bits per heavy atom. The Morgan fingerprint density at radius 1 is 1.26 bits per heavy atom. The van der Waals surface area contributed by atoms with Gasteiger partial charge in [-0.1, -0.05) is 6.07 Å². The number of nitrogens with one attached hydrogen (secondary N) is 1. The molecule has 0 amide bonds. The molecule has 1 aliphatic heterocycles. The smallest absolute Gasteiger partial charge is 0.161 e. The summed E-state index contributed by atoms with van der Waals surface area (Å²) in [4.78, 5) is 0. The van der Waals surface area contributed by atoms with Crippen molar-refractivity contribution in [3.8, 4) is 11.5 Å². The van der Waals surface area contributed by atoms with E-state index in [1.165, 1.54) is 0 Å². The molecule has 0 fully saturated rings. The van der Waals surface area contributed by atoms with Crippen LogP contribution in [0.5, 0.6) is 11.5 Å². The van der Waals surface area contributed by atoms with Crippen molar-refractivity contribution in [2.75, 3.05) is 26.4 Å². The number of benzene rings is 1. The summed E-state index contributed by atoms with van der Waals surface area (Å²) < 4.78 is 10.9. The molecule has 0 aliphatic carbocycles. The van der Waals surface area contributed by atoms with Crippen LogP contribution in [0, 0.1) is 0 Å². The van der Waals surface area contributed by atoms with Gasteiger partial charge < -0.3 is 25.0 Å². The Hall–Kier alpha value is -1.30. The van der Waals surface area contributed by atoms with Gasteiger partial charge in [0.15, 0.2) is 11.5 Å². The summed E-state index contributed by atoms with van der Waals surface area (Å²) in [5.41, 5.74) is 0.799. The van der Waals surface area contributed by atoms with Crippen molar-refractivity contribution < 1.29 is 19.7 Å². The zero-order chi connectivity index (χ0) is 13.7. The molecule has 0 spiro atoms. The minimum atomic E-state index is -0.600. The normalized spacial score (nSPS) is 17.0. The molecule has 0 saturated heterocycles. The van der Waals surface area contributed by atoms with Gasteiger partial charge in [0.2, 0.25) is 0 Å². The second-order valence-corrected chi connectivity index (χ2v) is 4.74. The second-order valence-electron chi connectivity index (χ2n) is 4.74. The Kier molecular flexibility index (Phi) is 5.01. The first-order chi connectivity index (χ1) is 9.20. The summed E-state index contributed by atoms with van der Waals surface area (Å²) in [6.45, 7) is 3.68. The van der Waals surface area contributed by atoms with Crippen LogP contribution in [0.4, 0.5) is 0 Å². The molecule has 19 heavy (non-hydrogen) atoms. The molecular weight excluding hydrogens is 246 g/mol. The lowest BCUT2D eigenvalue weighted by Gasteiger charge is -2.21. The van der Waals surface area contributed by atoms with Crippen molar-refractivity contribution in [3.63, 3.8) is 0 Å². The summed E-state index contributed by atoms with van der Waals surface area (Å²) in [7, 11) is 0. The van der Waals surface area contributed by atoms with E-state index in [9.17, 15) is 5.11 Å². The van der Waals surface area contributed by atoms with Crippen LogP contribution in [0.2, 0.25) is 0 Å². The monoisotopic (exact) mass is 267 g/mol. The summed E-state index contributed by atoms with van der Waals surface area (Å²) in [5.74, 6) is 1.41. The highest BCUT2D eigenvalue weighted by atomic mass is 16.6. The highest BCUT2D eigenvalue weighted by molar-refractivity contribution is 5.44. The topological polar surface area (TPSA) is 71.0 Å². The van der Waals surface area contributed by atoms with Crippen molar-refractivity contribution in [3.05, 3.63) is 23.8 Å². The molecule has 0 bridgehead atoms. The summed E-state index contributed by atoms with van der Waals surface area (Å²) in [5, 5.41) is 22.1. The van der Waals surface area contributed by atoms with Gasteiger partial charge in [0, 0.05) is 19.2 Å². The third-order valence-corrected chi connectivity index (χ3v) is 3.17. The van der Waals surface area contributed by atoms with Gasteiger partial charge in [0.05, 0.1) is 6.10 Å². The molecule has 1 aliphatic rings. The lowest BCUT2D eigenvalue weighted by Crippen LogP contribution is -2.31. The van der Waals surface area contributed by atoms with Crippen molar-refractivity contribution in [2.24, 2.45) is 0 Å². The first kappa shape index (κ1) is 14.1. The van der Waals surface area contributed by atoms with Crippen LogP contribution in [0.3, 0.4) is 0 Å². The number of hydrogen-bond donors (Lipinski definition) is 3. The predicted molar refractivity (Wildman–Crippen MR) is 71.6 cm³/mol. The molecule has 2 rings (SSSR count). The van der Waals surface area contributed by atoms with E-state index >= 15 is 0 Å². The van der Waals surface area contributed by atoms with E-state index in [0.717, 1.165) is 11.3 Å². The minimum Gasteiger partial charge on any atom is -0.486 e. The zero-order valence-corrected chi connectivity index (χ0v) is 11.1. The van der Waals surface area contributed by atoms with Crippen LogP contribution >= 0.6 is 0 Å². The SMILES string of the molecule is CC(CCO)NCC(O)c1ccc2c(c1)OCCO2. The van der Waals surface area contributed by atoms with Crippen molar-refractivity contribution in [2.45, 2.75) is 25.5 Å². The van der Waals surface area contributed by atoms with Crippen LogP contribution in [0.1, 0.15) is 25.0 Å². The lowest BCUT2D eigenvalue weighted by atomic mass is 10.1. The third-order valence-electron chi connectivity index (χ3n) is 3.17. The molecule has 0 radical (unpaired) electrons. The summed E-state index contributed by atoms with van der Waals surface area (Å²) in [6.07, 6.45) is 0.0744. The number of ether oxygens (including phenoxy) is 2. The number of aliphatic hydroxyl groups excluding tert-OH is 2. The molecule has 1 aromatic carbocycles. The maximum absolute atomic E-state index is 10.1.